The highest BCUT2D eigenvalue weighted by atomic mass is 16.5. The molecule has 0 aliphatic heterocycles. The van der Waals surface area contributed by atoms with E-state index in [0.29, 0.717) is 18.3 Å². The third kappa shape index (κ3) is 2.32. The maximum absolute atomic E-state index is 9.23. The average Bonchev–Trinajstić information content (AvgIpc) is 3.06. The van der Waals surface area contributed by atoms with Crippen LogP contribution >= 0.6 is 0 Å². The van der Waals surface area contributed by atoms with Crippen LogP contribution in [0.3, 0.4) is 0 Å². The summed E-state index contributed by atoms with van der Waals surface area (Å²) >= 11 is 0. The number of hydrogen-bond donors (Lipinski definition) is 1. The lowest BCUT2D eigenvalue weighted by Crippen LogP contribution is -2.00. The Hall–Kier alpha value is -2.14. The van der Waals surface area contributed by atoms with Crippen molar-refractivity contribution in [2.24, 2.45) is 0 Å². The molecule has 0 saturated heterocycles. The van der Waals surface area contributed by atoms with Gasteiger partial charge in [-0.1, -0.05) is 31.1 Å². The first kappa shape index (κ1) is 12.9. The number of fused-ring (bicyclic) bond motifs is 1. The molecule has 0 radical (unpaired) electrons. The second-order valence-electron chi connectivity index (χ2n) is 5.20. The van der Waals surface area contributed by atoms with Crippen LogP contribution in [0.1, 0.15) is 37.0 Å². The fourth-order valence-electron chi connectivity index (χ4n) is 2.18. The van der Waals surface area contributed by atoms with Gasteiger partial charge in [0.05, 0.1) is 13.2 Å². The van der Waals surface area contributed by atoms with Crippen molar-refractivity contribution in [1.29, 1.82) is 0 Å². The molecule has 5 heteroatoms. The largest absolute Gasteiger partial charge is 0.392 e. The molecular formula is C15H17N3O2. The summed E-state index contributed by atoms with van der Waals surface area (Å²) in [7, 11) is 0. The van der Waals surface area contributed by atoms with Crippen LogP contribution in [0.4, 0.5) is 0 Å². The van der Waals surface area contributed by atoms with Gasteiger partial charge in [0.2, 0.25) is 5.89 Å². The first-order valence-corrected chi connectivity index (χ1v) is 6.68. The third-order valence-corrected chi connectivity index (χ3v) is 3.31. The summed E-state index contributed by atoms with van der Waals surface area (Å²) in [5.74, 6) is 1.56. The minimum atomic E-state index is 0.0425. The molecule has 0 atom stereocenters. The molecule has 0 amide bonds. The SMILES string of the molecule is CC(C)c1nc(Cn2ccc3ccc(CO)cc32)no1. The Morgan fingerprint density at radius 2 is 2.15 bits per heavy atom. The number of aliphatic hydroxyl groups excluding tert-OH is 1. The fraction of sp³-hybridized carbons (Fsp3) is 0.333. The summed E-state index contributed by atoms with van der Waals surface area (Å²) in [4.78, 5) is 4.39. The van der Waals surface area contributed by atoms with E-state index >= 15 is 0 Å². The molecule has 0 spiro atoms. The van der Waals surface area contributed by atoms with Gasteiger partial charge in [-0.25, -0.2) is 0 Å². The molecule has 20 heavy (non-hydrogen) atoms. The van der Waals surface area contributed by atoms with Crippen molar-refractivity contribution in [2.75, 3.05) is 0 Å². The number of hydrogen-bond acceptors (Lipinski definition) is 4. The van der Waals surface area contributed by atoms with Crippen LogP contribution in [0.15, 0.2) is 35.0 Å². The summed E-state index contributed by atoms with van der Waals surface area (Å²) in [6.45, 7) is 4.65. The fourth-order valence-corrected chi connectivity index (χ4v) is 2.18. The topological polar surface area (TPSA) is 64.1 Å². The minimum Gasteiger partial charge on any atom is -0.392 e. The van der Waals surface area contributed by atoms with Crippen molar-refractivity contribution in [1.82, 2.24) is 14.7 Å². The van der Waals surface area contributed by atoms with Crippen LogP contribution in [0.25, 0.3) is 10.9 Å². The average molecular weight is 271 g/mol. The van der Waals surface area contributed by atoms with Crippen molar-refractivity contribution < 1.29 is 9.63 Å². The summed E-state index contributed by atoms with van der Waals surface area (Å²) in [5, 5.41) is 14.4. The zero-order chi connectivity index (χ0) is 14.1. The van der Waals surface area contributed by atoms with Gasteiger partial charge in [-0.3, -0.25) is 0 Å². The van der Waals surface area contributed by atoms with Gasteiger partial charge in [0.25, 0.3) is 0 Å². The third-order valence-electron chi connectivity index (χ3n) is 3.31. The van der Waals surface area contributed by atoms with Crippen LogP contribution in [0.2, 0.25) is 0 Å². The lowest BCUT2D eigenvalue weighted by Gasteiger charge is -2.03. The van der Waals surface area contributed by atoms with Gasteiger partial charge in [-0.05, 0) is 23.1 Å². The number of rotatable bonds is 4. The van der Waals surface area contributed by atoms with Gasteiger partial charge in [-0.2, -0.15) is 4.98 Å². The Morgan fingerprint density at radius 3 is 2.85 bits per heavy atom. The second kappa shape index (κ2) is 5.09. The molecule has 3 aromatic rings. The second-order valence-corrected chi connectivity index (χ2v) is 5.20. The molecule has 104 valence electrons. The highest BCUT2D eigenvalue weighted by molar-refractivity contribution is 5.80. The van der Waals surface area contributed by atoms with Crippen molar-refractivity contribution in [3.63, 3.8) is 0 Å². The van der Waals surface area contributed by atoms with E-state index in [1.54, 1.807) is 0 Å². The van der Waals surface area contributed by atoms with Crippen LogP contribution in [0.5, 0.6) is 0 Å². The zero-order valence-corrected chi connectivity index (χ0v) is 11.6. The number of benzene rings is 1. The highest BCUT2D eigenvalue weighted by Crippen LogP contribution is 2.19. The summed E-state index contributed by atoms with van der Waals surface area (Å²) in [6, 6.07) is 7.96. The summed E-state index contributed by atoms with van der Waals surface area (Å²) < 4.78 is 7.28. The van der Waals surface area contributed by atoms with Crippen molar-refractivity contribution in [3.8, 4) is 0 Å². The van der Waals surface area contributed by atoms with E-state index in [9.17, 15) is 5.11 Å². The molecular weight excluding hydrogens is 254 g/mol. The van der Waals surface area contributed by atoms with Gasteiger partial charge >= 0.3 is 0 Å². The van der Waals surface area contributed by atoms with E-state index in [-0.39, 0.29) is 12.5 Å². The molecule has 0 unspecified atom stereocenters. The number of nitrogens with zero attached hydrogens (tertiary/aromatic N) is 3. The number of aromatic nitrogens is 3. The Morgan fingerprint density at radius 1 is 1.30 bits per heavy atom. The molecule has 1 aromatic carbocycles. The van der Waals surface area contributed by atoms with E-state index in [1.807, 2.05) is 44.3 Å². The molecule has 0 saturated carbocycles. The Balaban J connectivity index is 1.93. The van der Waals surface area contributed by atoms with Gasteiger partial charge in [0.1, 0.15) is 0 Å². The van der Waals surface area contributed by atoms with Crippen LogP contribution < -0.4 is 0 Å². The molecule has 3 rings (SSSR count). The Labute approximate surface area is 116 Å². The zero-order valence-electron chi connectivity index (χ0n) is 11.6. The summed E-state index contributed by atoms with van der Waals surface area (Å²) in [5.41, 5.74) is 1.96. The van der Waals surface area contributed by atoms with Crippen LogP contribution in [-0.2, 0) is 13.2 Å². The predicted octanol–water partition coefficient (Wildman–Crippen LogP) is 2.69. The first-order chi connectivity index (χ1) is 9.67. The monoisotopic (exact) mass is 271 g/mol. The van der Waals surface area contributed by atoms with Gasteiger partial charge in [0.15, 0.2) is 5.82 Å². The molecule has 1 N–H and O–H groups in total. The molecule has 2 heterocycles. The first-order valence-electron chi connectivity index (χ1n) is 6.68. The molecule has 0 bridgehead atoms. The molecule has 0 fully saturated rings. The molecule has 2 aromatic heterocycles. The lowest BCUT2D eigenvalue weighted by molar-refractivity contribution is 0.282. The number of aliphatic hydroxyl groups is 1. The summed E-state index contributed by atoms with van der Waals surface area (Å²) in [6.07, 6.45) is 2.00. The lowest BCUT2D eigenvalue weighted by atomic mass is 10.2. The van der Waals surface area contributed by atoms with E-state index < -0.39 is 0 Å². The Kier molecular flexibility index (Phi) is 3.28. The molecule has 5 nitrogen and oxygen atoms in total. The molecule has 0 aliphatic carbocycles. The van der Waals surface area contributed by atoms with Gasteiger partial charge < -0.3 is 14.2 Å². The van der Waals surface area contributed by atoms with Crippen LogP contribution in [-0.4, -0.2) is 19.8 Å². The van der Waals surface area contributed by atoms with E-state index in [0.717, 1.165) is 16.5 Å². The normalized spacial score (nSPS) is 11.6. The van der Waals surface area contributed by atoms with E-state index in [1.165, 1.54) is 0 Å². The van der Waals surface area contributed by atoms with Crippen molar-refractivity contribution >= 4 is 10.9 Å². The highest BCUT2D eigenvalue weighted by Gasteiger charge is 2.11. The quantitative estimate of drug-likeness (QED) is 0.792. The smallest absolute Gasteiger partial charge is 0.229 e. The maximum Gasteiger partial charge on any atom is 0.229 e. The van der Waals surface area contributed by atoms with Crippen molar-refractivity contribution in [2.45, 2.75) is 32.9 Å². The standard InChI is InChI=1S/C15H17N3O2/c1-10(2)15-16-14(17-20-15)8-18-6-5-12-4-3-11(9-19)7-13(12)18/h3-7,10,19H,8-9H2,1-2H3. The van der Waals surface area contributed by atoms with Crippen molar-refractivity contribution in [3.05, 3.63) is 47.7 Å². The van der Waals surface area contributed by atoms with Gasteiger partial charge in [-0.15, -0.1) is 0 Å². The predicted molar refractivity (Wildman–Crippen MR) is 75.3 cm³/mol. The minimum absolute atomic E-state index is 0.0425. The Bertz CT molecular complexity index is 728. The van der Waals surface area contributed by atoms with Crippen LogP contribution in [0, 0.1) is 0 Å². The van der Waals surface area contributed by atoms with E-state index in [4.69, 9.17) is 4.52 Å². The maximum atomic E-state index is 9.23. The van der Waals surface area contributed by atoms with Gasteiger partial charge in [0, 0.05) is 17.6 Å². The van der Waals surface area contributed by atoms with E-state index in [2.05, 4.69) is 14.7 Å². The molecule has 0 aliphatic rings.